The number of nitrogens with zero attached hydrogens (tertiary/aromatic N) is 4. The zero-order chi connectivity index (χ0) is 20.4. The van der Waals surface area contributed by atoms with Gasteiger partial charge in [-0.1, -0.05) is 44.2 Å². The monoisotopic (exact) mass is 391 g/mol. The van der Waals surface area contributed by atoms with Crippen molar-refractivity contribution in [1.29, 1.82) is 0 Å². The fourth-order valence-corrected chi connectivity index (χ4v) is 4.15. The van der Waals surface area contributed by atoms with Gasteiger partial charge >= 0.3 is 0 Å². The molecule has 1 aliphatic heterocycles. The van der Waals surface area contributed by atoms with E-state index in [1.165, 1.54) is 0 Å². The molecule has 0 bridgehead atoms. The molecule has 1 aliphatic rings. The van der Waals surface area contributed by atoms with Crippen molar-refractivity contribution < 1.29 is 4.79 Å². The van der Waals surface area contributed by atoms with E-state index in [1.54, 1.807) is 0 Å². The molecule has 1 atom stereocenters. The lowest BCUT2D eigenvalue weighted by molar-refractivity contribution is 0.0693. The van der Waals surface area contributed by atoms with E-state index in [4.69, 9.17) is 0 Å². The highest BCUT2D eigenvalue weighted by molar-refractivity contribution is 5.93. The van der Waals surface area contributed by atoms with E-state index in [0.29, 0.717) is 24.7 Å². The first-order chi connectivity index (χ1) is 14.1. The number of aryl methyl sites for hydroxylation is 1. The number of hydrogen-bond donors (Lipinski definition) is 1. The molecule has 0 saturated carbocycles. The van der Waals surface area contributed by atoms with Crippen LogP contribution in [0.25, 0.3) is 11.1 Å². The molecule has 3 heterocycles. The number of hydrogen-bond acceptors (Lipinski definition) is 3. The van der Waals surface area contributed by atoms with E-state index in [2.05, 4.69) is 41.3 Å². The SMILES string of the molecule is CCn1nc(C(C)C)cc1C(=O)N1CCC[C@H](c2[nH]ncc2-c2ccccc2)C1. The van der Waals surface area contributed by atoms with Crippen LogP contribution in [0.5, 0.6) is 0 Å². The van der Waals surface area contributed by atoms with Crippen LogP contribution in [0.2, 0.25) is 0 Å². The summed E-state index contributed by atoms with van der Waals surface area (Å²) >= 11 is 0. The second-order valence-electron chi connectivity index (χ2n) is 8.08. The zero-order valence-corrected chi connectivity index (χ0v) is 17.4. The van der Waals surface area contributed by atoms with Gasteiger partial charge < -0.3 is 4.90 Å². The Morgan fingerprint density at radius 2 is 2.07 bits per heavy atom. The van der Waals surface area contributed by atoms with Crippen molar-refractivity contribution in [2.24, 2.45) is 0 Å². The smallest absolute Gasteiger partial charge is 0.272 e. The first-order valence-corrected chi connectivity index (χ1v) is 10.5. The molecule has 1 amide bonds. The third-order valence-corrected chi connectivity index (χ3v) is 5.78. The van der Waals surface area contributed by atoms with Crippen LogP contribution in [0, 0.1) is 0 Å². The van der Waals surface area contributed by atoms with Crippen LogP contribution in [0.4, 0.5) is 0 Å². The van der Waals surface area contributed by atoms with Gasteiger partial charge in [-0.15, -0.1) is 0 Å². The van der Waals surface area contributed by atoms with Crippen LogP contribution < -0.4 is 0 Å². The quantitative estimate of drug-likeness (QED) is 0.699. The summed E-state index contributed by atoms with van der Waals surface area (Å²) in [4.78, 5) is 15.3. The van der Waals surface area contributed by atoms with Crippen LogP contribution in [-0.2, 0) is 6.54 Å². The second-order valence-corrected chi connectivity index (χ2v) is 8.08. The van der Waals surface area contributed by atoms with E-state index >= 15 is 0 Å². The van der Waals surface area contributed by atoms with Gasteiger partial charge in [0.2, 0.25) is 0 Å². The molecule has 0 unspecified atom stereocenters. The minimum atomic E-state index is 0.0803. The standard InChI is InChI=1S/C23H29N5O/c1-4-28-21(13-20(26-28)16(2)3)23(29)27-12-8-11-18(15-27)22-19(14-24-25-22)17-9-6-5-7-10-17/h5-7,9-10,13-14,16,18H,4,8,11-12,15H2,1-3H3,(H,24,25)/t18-/m0/s1. The van der Waals surface area contributed by atoms with E-state index in [0.717, 1.165) is 41.9 Å². The largest absolute Gasteiger partial charge is 0.337 e. The molecule has 0 aliphatic carbocycles. The van der Waals surface area contributed by atoms with Crippen molar-refractivity contribution in [1.82, 2.24) is 24.9 Å². The third kappa shape index (κ3) is 3.84. The highest BCUT2D eigenvalue weighted by atomic mass is 16.2. The van der Waals surface area contributed by atoms with E-state index in [9.17, 15) is 4.79 Å². The van der Waals surface area contributed by atoms with Crippen LogP contribution >= 0.6 is 0 Å². The summed E-state index contributed by atoms with van der Waals surface area (Å²) in [5.41, 5.74) is 5.09. The minimum Gasteiger partial charge on any atom is -0.337 e. The lowest BCUT2D eigenvalue weighted by Gasteiger charge is -2.32. The summed E-state index contributed by atoms with van der Waals surface area (Å²) in [5.74, 6) is 0.645. The highest BCUT2D eigenvalue weighted by Gasteiger charge is 2.30. The van der Waals surface area contributed by atoms with Gasteiger partial charge in [0.05, 0.1) is 11.9 Å². The molecular formula is C23H29N5O. The zero-order valence-electron chi connectivity index (χ0n) is 17.4. The average molecular weight is 392 g/mol. The molecule has 1 N–H and O–H groups in total. The molecule has 3 aromatic rings. The fraction of sp³-hybridized carbons (Fsp3) is 0.435. The molecule has 6 heteroatoms. The van der Waals surface area contributed by atoms with Gasteiger partial charge in [-0.05, 0) is 37.3 Å². The third-order valence-electron chi connectivity index (χ3n) is 5.78. The summed E-state index contributed by atoms with van der Waals surface area (Å²) in [5, 5.41) is 12.1. The van der Waals surface area contributed by atoms with Gasteiger partial charge in [0.15, 0.2) is 0 Å². The molecule has 6 nitrogen and oxygen atoms in total. The van der Waals surface area contributed by atoms with Crippen LogP contribution in [0.3, 0.4) is 0 Å². The molecule has 29 heavy (non-hydrogen) atoms. The van der Waals surface area contributed by atoms with Crippen LogP contribution in [-0.4, -0.2) is 43.9 Å². The minimum absolute atomic E-state index is 0.0803. The number of piperidine rings is 1. The first-order valence-electron chi connectivity index (χ1n) is 10.5. The number of rotatable bonds is 5. The Labute approximate surface area is 171 Å². The van der Waals surface area contributed by atoms with Crippen molar-refractivity contribution in [2.45, 2.75) is 52.0 Å². The van der Waals surface area contributed by atoms with E-state index in [-0.39, 0.29) is 11.8 Å². The number of aromatic nitrogens is 4. The molecule has 0 spiro atoms. The van der Waals surface area contributed by atoms with Crippen molar-refractivity contribution >= 4 is 5.91 Å². The van der Waals surface area contributed by atoms with Crippen molar-refractivity contribution in [3.8, 4) is 11.1 Å². The molecule has 1 saturated heterocycles. The average Bonchev–Trinajstić information content (AvgIpc) is 3.41. The summed E-state index contributed by atoms with van der Waals surface area (Å²) in [7, 11) is 0. The Bertz CT molecular complexity index is 972. The number of aromatic amines is 1. The maximum absolute atomic E-state index is 13.3. The normalized spacial score (nSPS) is 17.1. The summed E-state index contributed by atoms with van der Waals surface area (Å²) in [6.45, 7) is 8.43. The van der Waals surface area contributed by atoms with Gasteiger partial charge in [-0.3, -0.25) is 14.6 Å². The van der Waals surface area contributed by atoms with Crippen molar-refractivity contribution in [3.63, 3.8) is 0 Å². The lowest BCUT2D eigenvalue weighted by Crippen LogP contribution is -2.40. The summed E-state index contributed by atoms with van der Waals surface area (Å²) in [6, 6.07) is 12.3. The van der Waals surface area contributed by atoms with Gasteiger partial charge in [0.1, 0.15) is 5.69 Å². The maximum atomic E-state index is 13.3. The first kappa shape index (κ1) is 19.4. The molecule has 1 fully saturated rings. The molecule has 152 valence electrons. The van der Waals surface area contributed by atoms with Gasteiger partial charge in [-0.25, -0.2) is 0 Å². The Morgan fingerprint density at radius 3 is 2.79 bits per heavy atom. The number of H-pyrrole nitrogens is 1. The fourth-order valence-electron chi connectivity index (χ4n) is 4.15. The summed E-state index contributed by atoms with van der Waals surface area (Å²) < 4.78 is 1.84. The number of carbonyl (C=O) groups excluding carboxylic acids is 1. The lowest BCUT2D eigenvalue weighted by atomic mass is 9.90. The molecule has 4 rings (SSSR count). The van der Waals surface area contributed by atoms with Crippen LogP contribution in [0.1, 0.15) is 67.3 Å². The van der Waals surface area contributed by atoms with Crippen molar-refractivity contribution in [3.05, 3.63) is 59.7 Å². The Hall–Kier alpha value is -2.89. The van der Waals surface area contributed by atoms with Crippen LogP contribution in [0.15, 0.2) is 42.6 Å². The maximum Gasteiger partial charge on any atom is 0.272 e. The summed E-state index contributed by atoms with van der Waals surface area (Å²) in [6.07, 6.45) is 3.93. The number of nitrogens with one attached hydrogen (secondary N) is 1. The van der Waals surface area contributed by atoms with Gasteiger partial charge in [0, 0.05) is 36.8 Å². The number of benzene rings is 1. The number of amides is 1. The predicted octanol–water partition coefficient (Wildman–Crippen LogP) is 4.44. The van der Waals surface area contributed by atoms with Crippen molar-refractivity contribution in [2.75, 3.05) is 13.1 Å². The van der Waals surface area contributed by atoms with Gasteiger partial charge in [-0.2, -0.15) is 10.2 Å². The molecular weight excluding hydrogens is 362 g/mol. The number of likely N-dealkylation sites (tertiary alicyclic amines) is 1. The predicted molar refractivity (Wildman–Crippen MR) is 114 cm³/mol. The van der Waals surface area contributed by atoms with E-state index < -0.39 is 0 Å². The second kappa shape index (κ2) is 8.23. The van der Waals surface area contributed by atoms with Gasteiger partial charge in [0.25, 0.3) is 5.91 Å². The Kier molecular flexibility index (Phi) is 5.51. The van der Waals surface area contributed by atoms with E-state index in [1.807, 2.05) is 47.0 Å². The molecule has 2 aromatic heterocycles. The molecule has 0 radical (unpaired) electrons. The Morgan fingerprint density at radius 1 is 1.28 bits per heavy atom. The Balaban J connectivity index is 1.57. The topological polar surface area (TPSA) is 66.8 Å². The number of carbonyl (C=O) groups is 1. The highest BCUT2D eigenvalue weighted by Crippen LogP contribution is 2.33. The molecule has 1 aromatic carbocycles.